The van der Waals surface area contributed by atoms with Crippen molar-refractivity contribution in [3.05, 3.63) is 62.7 Å². The number of amides is 3. The Morgan fingerprint density at radius 2 is 1.97 bits per heavy atom. The first-order chi connectivity index (χ1) is 15.8. The molecule has 4 aliphatic rings. The normalized spacial score (nSPS) is 30.1. The zero-order chi connectivity index (χ0) is 23.2. The van der Waals surface area contributed by atoms with Gasteiger partial charge in [0, 0.05) is 23.7 Å². The van der Waals surface area contributed by atoms with Crippen LogP contribution in [0, 0.1) is 28.9 Å². The average Bonchev–Trinajstić information content (AvgIpc) is 3.48. The van der Waals surface area contributed by atoms with Gasteiger partial charge in [-0.05, 0) is 37.9 Å². The smallest absolute Gasteiger partial charge is 0.271 e. The highest BCUT2D eigenvalue weighted by Gasteiger charge is 2.74. The molecule has 33 heavy (non-hydrogen) atoms. The van der Waals surface area contributed by atoms with E-state index in [1.807, 2.05) is 4.90 Å². The summed E-state index contributed by atoms with van der Waals surface area (Å²) in [5.74, 6) is -2.93. The summed E-state index contributed by atoms with van der Waals surface area (Å²) in [6.07, 6.45) is 1.49. The molecule has 0 radical (unpaired) electrons. The average molecular weight is 467 g/mol. The van der Waals surface area contributed by atoms with E-state index in [4.69, 9.17) is 11.6 Å². The van der Waals surface area contributed by atoms with Crippen LogP contribution in [-0.2, 0) is 19.9 Å². The van der Waals surface area contributed by atoms with E-state index in [2.05, 4.69) is 5.32 Å². The molecule has 4 heterocycles. The molecular weight excluding hydrogens is 448 g/mol. The number of hydrogen-bond donors (Lipinski definition) is 1. The van der Waals surface area contributed by atoms with Crippen LogP contribution in [0.4, 0.5) is 17.1 Å². The van der Waals surface area contributed by atoms with E-state index >= 15 is 0 Å². The fourth-order valence-corrected chi connectivity index (χ4v) is 6.61. The number of nitrogens with zero attached hydrogens (tertiary/aromatic N) is 3. The number of non-ortho nitro benzene ring substituents is 1. The molecule has 4 aliphatic heterocycles. The highest BCUT2D eigenvalue weighted by atomic mass is 35.5. The van der Waals surface area contributed by atoms with E-state index < -0.39 is 34.1 Å². The third-order valence-corrected chi connectivity index (χ3v) is 7.94. The summed E-state index contributed by atoms with van der Waals surface area (Å²) < 4.78 is 0. The molecule has 3 saturated heterocycles. The van der Waals surface area contributed by atoms with Crippen molar-refractivity contribution in [2.45, 2.75) is 31.3 Å². The topological polar surface area (TPSA) is 113 Å². The number of rotatable bonds is 2. The standard InChI is InChI=1S/C23H19ClN4O5/c1-11-7-8-12(28(32)33)10-16(11)27-20(29)17-15-6-3-9-26(15)23(18(17)21(27)30)13-4-2-5-14(24)19(13)25-22(23)31/h2,4-5,7-8,10,15,17-18H,3,6,9H2,1H3,(H,25,31)/t15-,17+,18-,23+/m0/s1. The third kappa shape index (κ3) is 2.33. The Bertz CT molecular complexity index is 1300. The molecule has 9 nitrogen and oxygen atoms in total. The van der Waals surface area contributed by atoms with Crippen LogP contribution in [-0.4, -0.2) is 40.1 Å². The summed E-state index contributed by atoms with van der Waals surface area (Å²) in [6.45, 7) is 2.29. The van der Waals surface area contributed by atoms with Crippen molar-refractivity contribution < 1.29 is 19.3 Å². The van der Waals surface area contributed by atoms with Crippen molar-refractivity contribution in [1.29, 1.82) is 0 Å². The van der Waals surface area contributed by atoms with Crippen LogP contribution >= 0.6 is 11.6 Å². The minimum atomic E-state index is -1.33. The van der Waals surface area contributed by atoms with Crippen molar-refractivity contribution in [3.8, 4) is 0 Å². The fourth-order valence-electron chi connectivity index (χ4n) is 6.38. The van der Waals surface area contributed by atoms with E-state index in [0.29, 0.717) is 34.8 Å². The summed E-state index contributed by atoms with van der Waals surface area (Å²) in [5, 5.41) is 14.6. The molecule has 0 aromatic heterocycles. The number of imide groups is 1. The number of carbonyl (C=O) groups is 3. The van der Waals surface area contributed by atoms with Gasteiger partial charge in [0.1, 0.15) is 5.54 Å². The Hall–Kier alpha value is -3.30. The monoisotopic (exact) mass is 466 g/mol. The number of halogens is 1. The van der Waals surface area contributed by atoms with Crippen LogP contribution in [0.25, 0.3) is 0 Å². The molecule has 168 valence electrons. The minimum absolute atomic E-state index is 0.193. The van der Waals surface area contributed by atoms with E-state index in [0.717, 1.165) is 11.3 Å². The van der Waals surface area contributed by atoms with Crippen molar-refractivity contribution in [2.24, 2.45) is 11.8 Å². The maximum absolute atomic E-state index is 14.0. The first-order valence-electron chi connectivity index (χ1n) is 10.8. The van der Waals surface area contributed by atoms with Crippen molar-refractivity contribution in [2.75, 3.05) is 16.8 Å². The number of benzene rings is 2. The lowest BCUT2D eigenvalue weighted by molar-refractivity contribution is -0.384. The minimum Gasteiger partial charge on any atom is -0.323 e. The van der Waals surface area contributed by atoms with E-state index in [9.17, 15) is 24.5 Å². The van der Waals surface area contributed by atoms with Crippen molar-refractivity contribution in [3.63, 3.8) is 0 Å². The number of aryl methyl sites for hydroxylation is 1. The zero-order valence-corrected chi connectivity index (χ0v) is 18.3. The lowest BCUT2D eigenvalue weighted by Crippen LogP contribution is -2.54. The maximum atomic E-state index is 14.0. The number of fused-ring (bicyclic) bond motifs is 7. The van der Waals surface area contributed by atoms with Gasteiger partial charge in [0.25, 0.3) is 11.6 Å². The number of anilines is 2. The number of hydrogen-bond acceptors (Lipinski definition) is 6. The second-order valence-electron chi connectivity index (χ2n) is 9.03. The molecule has 2 aromatic rings. The molecule has 6 rings (SSSR count). The molecule has 1 spiro atoms. The molecule has 0 saturated carbocycles. The second kappa shape index (κ2) is 6.61. The van der Waals surface area contributed by atoms with Crippen LogP contribution < -0.4 is 10.2 Å². The molecule has 2 aromatic carbocycles. The zero-order valence-electron chi connectivity index (χ0n) is 17.6. The van der Waals surface area contributed by atoms with Gasteiger partial charge in [-0.1, -0.05) is 29.8 Å². The van der Waals surface area contributed by atoms with Crippen LogP contribution in [0.5, 0.6) is 0 Å². The van der Waals surface area contributed by atoms with Gasteiger partial charge >= 0.3 is 0 Å². The lowest BCUT2D eigenvalue weighted by atomic mass is 9.75. The summed E-state index contributed by atoms with van der Waals surface area (Å²) in [5.41, 5.74) is 0.305. The van der Waals surface area contributed by atoms with Crippen LogP contribution in [0.3, 0.4) is 0 Å². The lowest BCUT2D eigenvalue weighted by Gasteiger charge is -2.36. The molecule has 4 atom stereocenters. The number of carbonyl (C=O) groups excluding carboxylic acids is 3. The molecule has 0 aliphatic carbocycles. The highest BCUT2D eigenvalue weighted by Crippen LogP contribution is 2.61. The Kier molecular flexibility index (Phi) is 4.07. The van der Waals surface area contributed by atoms with Gasteiger partial charge < -0.3 is 5.32 Å². The predicted octanol–water partition coefficient (Wildman–Crippen LogP) is 2.99. The maximum Gasteiger partial charge on any atom is 0.271 e. The van der Waals surface area contributed by atoms with Crippen molar-refractivity contribution in [1.82, 2.24) is 4.90 Å². The molecule has 3 fully saturated rings. The quantitative estimate of drug-likeness (QED) is 0.413. The Balaban J connectivity index is 1.56. The third-order valence-electron chi connectivity index (χ3n) is 7.62. The molecule has 3 amide bonds. The summed E-state index contributed by atoms with van der Waals surface area (Å²) in [7, 11) is 0. The van der Waals surface area contributed by atoms with Crippen LogP contribution in [0.2, 0.25) is 5.02 Å². The number of nitrogens with one attached hydrogen (secondary N) is 1. The molecule has 0 bridgehead atoms. The van der Waals surface area contributed by atoms with E-state index in [1.54, 1.807) is 25.1 Å². The Labute approximate surface area is 193 Å². The largest absolute Gasteiger partial charge is 0.323 e. The molecule has 1 N–H and O–H groups in total. The molecule has 0 unspecified atom stereocenters. The number of nitro groups is 1. The molecule has 10 heteroatoms. The summed E-state index contributed by atoms with van der Waals surface area (Å²) >= 11 is 6.38. The summed E-state index contributed by atoms with van der Waals surface area (Å²) in [6, 6.07) is 9.05. The SMILES string of the molecule is Cc1ccc([N+](=O)[O-])cc1N1C(=O)[C@H]2[C@@H](C1=O)[C@]1(C(=O)Nc3c(Cl)cccc31)N1CCC[C@@H]21. The van der Waals surface area contributed by atoms with Gasteiger partial charge in [0.15, 0.2) is 0 Å². The van der Waals surface area contributed by atoms with Gasteiger partial charge in [-0.3, -0.25) is 29.4 Å². The van der Waals surface area contributed by atoms with Gasteiger partial charge in [0.05, 0.1) is 33.2 Å². The van der Waals surface area contributed by atoms with Crippen LogP contribution in [0.1, 0.15) is 24.0 Å². The number of nitro benzene ring substituents is 1. The van der Waals surface area contributed by atoms with Gasteiger partial charge in [0.2, 0.25) is 11.8 Å². The van der Waals surface area contributed by atoms with E-state index in [-0.39, 0.29) is 23.3 Å². The van der Waals surface area contributed by atoms with E-state index in [1.165, 1.54) is 18.2 Å². The first-order valence-corrected chi connectivity index (χ1v) is 11.2. The first kappa shape index (κ1) is 20.3. The van der Waals surface area contributed by atoms with Gasteiger partial charge in [-0.2, -0.15) is 0 Å². The Morgan fingerprint density at radius 3 is 2.73 bits per heavy atom. The van der Waals surface area contributed by atoms with Gasteiger partial charge in [-0.15, -0.1) is 0 Å². The van der Waals surface area contributed by atoms with Crippen LogP contribution in [0.15, 0.2) is 36.4 Å². The van der Waals surface area contributed by atoms with Crippen molar-refractivity contribution >= 4 is 46.4 Å². The second-order valence-corrected chi connectivity index (χ2v) is 9.44. The Morgan fingerprint density at radius 1 is 1.18 bits per heavy atom. The van der Waals surface area contributed by atoms with Gasteiger partial charge in [-0.25, -0.2) is 4.90 Å². The number of para-hydroxylation sites is 1. The fraction of sp³-hybridized carbons (Fsp3) is 0.348. The predicted molar refractivity (Wildman–Crippen MR) is 119 cm³/mol. The highest BCUT2D eigenvalue weighted by molar-refractivity contribution is 6.35. The molecular formula is C23H19ClN4O5. The summed E-state index contributed by atoms with van der Waals surface area (Å²) in [4.78, 5) is 55.2.